The van der Waals surface area contributed by atoms with Gasteiger partial charge in [0, 0.05) is 11.8 Å². The number of thiazole rings is 1. The van der Waals surface area contributed by atoms with Crippen molar-refractivity contribution in [1.29, 1.82) is 0 Å². The Bertz CT molecular complexity index is 777. The van der Waals surface area contributed by atoms with E-state index in [1.54, 1.807) is 18.6 Å². The molecule has 0 aliphatic carbocycles. The highest BCUT2D eigenvalue weighted by atomic mass is 32.1. The fraction of sp³-hybridized carbons (Fsp3) is 0.133. The summed E-state index contributed by atoms with van der Waals surface area (Å²) in [5.74, 6) is -0.176. The maximum Gasteiger partial charge on any atom is 0.267 e. The zero-order chi connectivity index (χ0) is 14.8. The number of aryl methyl sites for hydroxylation is 2. The van der Waals surface area contributed by atoms with E-state index < -0.39 is 0 Å². The third-order valence-corrected chi connectivity index (χ3v) is 4.13. The molecule has 3 aromatic rings. The van der Waals surface area contributed by atoms with E-state index in [0.29, 0.717) is 10.6 Å². The Labute approximate surface area is 126 Å². The van der Waals surface area contributed by atoms with Crippen molar-refractivity contribution in [3.05, 3.63) is 52.8 Å². The van der Waals surface area contributed by atoms with Crippen molar-refractivity contribution in [2.45, 2.75) is 13.8 Å². The van der Waals surface area contributed by atoms with Crippen LogP contribution in [0.25, 0.3) is 10.6 Å². The first-order valence-corrected chi connectivity index (χ1v) is 7.29. The molecule has 0 fully saturated rings. The first-order valence-electron chi connectivity index (χ1n) is 6.47. The monoisotopic (exact) mass is 298 g/mol. The van der Waals surface area contributed by atoms with Crippen LogP contribution in [0.5, 0.6) is 0 Å². The third-order valence-electron chi connectivity index (χ3n) is 3.10. The Morgan fingerprint density at radius 2 is 2.14 bits per heavy atom. The molecule has 6 heteroatoms. The van der Waals surface area contributed by atoms with Crippen LogP contribution in [0.15, 0.2) is 36.8 Å². The molecule has 0 radical (unpaired) electrons. The highest BCUT2D eigenvalue weighted by Crippen LogP contribution is 2.28. The van der Waals surface area contributed by atoms with Crippen LogP contribution in [0.4, 0.5) is 5.69 Å². The molecule has 0 unspecified atom stereocenters. The van der Waals surface area contributed by atoms with Crippen LogP contribution < -0.4 is 5.32 Å². The molecule has 2 N–H and O–H groups in total. The zero-order valence-electron chi connectivity index (χ0n) is 11.7. The number of H-pyrrole nitrogens is 1. The molecule has 1 aromatic carbocycles. The number of nitrogens with zero attached hydrogens (tertiary/aromatic N) is 2. The number of carbonyl (C=O) groups excluding carboxylic acids is 1. The number of aromatic nitrogens is 3. The van der Waals surface area contributed by atoms with Gasteiger partial charge in [0.05, 0.1) is 18.1 Å². The molecule has 0 aliphatic heterocycles. The number of nitrogens with one attached hydrogen (secondary N) is 2. The topological polar surface area (TPSA) is 70.7 Å². The average Bonchev–Trinajstić information content (AvgIpc) is 3.09. The summed E-state index contributed by atoms with van der Waals surface area (Å²) in [5.41, 5.74) is 4.08. The molecule has 2 aromatic heterocycles. The van der Waals surface area contributed by atoms with E-state index in [9.17, 15) is 4.79 Å². The van der Waals surface area contributed by atoms with E-state index in [4.69, 9.17) is 0 Å². The maximum atomic E-state index is 12.1. The average molecular weight is 298 g/mol. The molecule has 21 heavy (non-hydrogen) atoms. The van der Waals surface area contributed by atoms with Gasteiger partial charge in [-0.2, -0.15) is 5.10 Å². The minimum absolute atomic E-state index is 0.176. The molecule has 0 atom stereocenters. The fourth-order valence-corrected chi connectivity index (χ4v) is 2.97. The summed E-state index contributed by atoms with van der Waals surface area (Å²) in [6.07, 6.45) is 4.79. The molecule has 2 heterocycles. The second kappa shape index (κ2) is 5.49. The number of aromatic amines is 1. The Morgan fingerprint density at radius 3 is 2.86 bits per heavy atom. The highest BCUT2D eigenvalue weighted by molar-refractivity contribution is 7.17. The molecular formula is C15H14N4OS. The molecule has 5 nitrogen and oxygen atoms in total. The lowest BCUT2D eigenvalue weighted by atomic mass is 10.1. The molecule has 0 spiro atoms. The molecule has 0 saturated heterocycles. The van der Waals surface area contributed by atoms with Crippen LogP contribution in [-0.2, 0) is 0 Å². The smallest absolute Gasteiger partial charge is 0.267 e. The van der Waals surface area contributed by atoms with Crippen LogP contribution in [-0.4, -0.2) is 21.1 Å². The maximum absolute atomic E-state index is 12.1. The number of hydrogen-bond donors (Lipinski definition) is 2. The Balaban J connectivity index is 1.84. The van der Waals surface area contributed by atoms with Gasteiger partial charge in [0.2, 0.25) is 0 Å². The summed E-state index contributed by atoms with van der Waals surface area (Å²) in [7, 11) is 0. The van der Waals surface area contributed by atoms with Gasteiger partial charge in [-0.05, 0) is 19.4 Å². The molecule has 1 amide bonds. The summed E-state index contributed by atoms with van der Waals surface area (Å²) in [4.78, 5) is 17.1. The standard InChI is InChI=1S/C15H14N4OS/c1-9-3-4-12(10(2)5-9)15-16-8-13(21-15)14(20)19-11-6-17-18-7-11/h3-8H,1-2H3,(H,17,18)(H,19,20). The van der Waals surface area contributed by atoms with Gasteiger partial charge in [-0.25, -0.2) is 4.98 Å². The van der Waals surface area contributed by atoms with Crippen LogP contribution in [0, 0.1) is 13.8 Å². The van der Waals surface area contributed by atoms with Crippen molar-refractivity contribution in [3.63, 3.8) is 0 Å². The van der Waals surface area contributed by atoms with Crippen molar-refractivity contribution in [2.75, 3.05) is 5.32 Å². The van der Waals surface area contributed by atoms with E-state index in [-0.39, 0.29) is 5.91 Å². The molecule has 3 rings (SSSR count). The fourth-order valence-electron chi connectivity index (χ4n) is 2.07. The molecule has 0 bridgehead atoms. The van der Waals surface area contributed by atoms with E-state index in [1.165, 1.54) is 16.9 Å². The Hall–Kier alpha value is -2.47. The lowest BCUT2D eigenvalue weighted by Crippen LogP contribution is -2.09. The first-order chi connectivity index (χ1) is 10.1. The first kappa shape index (κ1) is 13.5. The second-order valence-corrected chi connectivity index (χ2v) is 5.82. The largest absolute Gasteiger partial charge is 0.319 e. The van der Waals surface area contributed by atoms with E-state index in [1.807, 2.05) is 6.07 Å². The van der Waals surface area contributed by atoms with Gasteiger partial charge in [-0.1, -0.05) is 23.8 Å². The number of hydrogen-bond acceptors (Lipinski definition) is 4. The SMILES string of the molecule is Cc1ccc(-c2ncc(C(=O)Nc3cn[nH]c3)s2)c(C)c1. The summed E-state index contributed by atoms with van der Waals surface area (Å²) < 4.78 is 0. The van der Waals surface area contributed by atoms with Crippen LogP contribution in [0.2, 0.25) is 0 Å². The van der Waals surface area contributed by atoms with Crippen molar-refractivity contribution >= 4 is 22.9 Å². The molecule has 106 valence electrons. The summed E-state index contributed by atoms with van der Waals surface area (Å²) in [6, 6.07) is 6.21. The van der Waals surface area contributed by atoms with Crippen LogP contribution in [0.1, 0.15) is 20.8 Å². The normalized spacial score (nSPS) is 10.6. The predicted octanol–water partition coefficient (Wildman–Crippen LogP) is 3.40. The number of anilines is 1. The molecular weight excluding hydrogens is 284 g/mol. The number of benzene rings is 1. The lowest BCUT2D eigenvalue weighted by molar-refractivity contribution is 0.103. The quantitative estimate of drug-likeness (QED) is 0.778. The Morgan fingerprint density at radius 1 is 1.29 bits per heavy atom. The minimum atomic E-state index is -0.176. The van der Waals surface area contributed by atoms with E-state index in [0.717, 1.165) is 16.1 Å². The Kier molecular flexibility index (Phi) is 3.53. The highest BCUT2D eigenvalue weighted by Gasteiger charge is 2.13. The van der Waals surface area contributed by atoms with E-state index >= 15 is 0 Å². The van der Waals surface area contributed by atoms with Crippen LogP contribution >= 0.6 is 11.3 Å². The minimum Gasteiger partial charge on any atom is -0.319 e. The summed E-state index contributed by atoms with van der Waals surface area (Å²) >= 11 is 1.38. The van der Waals surface area contributed by atoms with Crippen molar-refractivity contribution in [2.24, 2.45) is 0 Å². The van der Waals surface area contributed by atoms with Crippen molar-refractivity contribution in [1.82, 2.24) is 15.2 Å². The van der Waals surface area contributed by atoms with Gasteiger partial charge in [0.1, 0.15) is 9.88 Å². The number of rotatable bonds is 3. The van der Waals surface area contributed by atoms with E-state index in [2.05, 4.69) is 46.5 Å². The van der Waals surface area contributed by atoms with Crippen molar-refractivity contribution in [3.8, 4) is 10.6 Å². The molecule has 0 saturated carbocycles. The molecule has 0 aliphatic rings. The van der Waals surface area contributed by atoms with Gasteiger partial charge in [-0.3, -0.25) is 9.89 Å². The van der Waals surface area contributed by atoms with Gasteiger partial charge < -0.3 is 5.32 Å². The number of amides is 1. The van der Waals surface area contributed by atoms with Gasteiger partial charge in [-0.15, -0.1) is 11.3 Å². The lowest BCUT2D eigenvalue weighted by Gasteiger charge is -2.03. The van der Waals surface area contributed by atoms with Crippen LogP contribution in [0.3, 0.4) is 0 Å². The van der Waals surface area contributed by atoms with Gasteiger partial charge in [0.25, 0.3) is 5.91 Å². The summed E-state index contributed by atoms with van der Waals surface area (Å²) in [5, 5.41) is 10.1. The van der Waals surface area contributed by atoms with Gasteiger partial charge >= 0.3 is 0 Å². The number of carbonyl (C=O) groups is 1. The zero-order valence-corrected chi connectivity index (χ0v) is 12.5. The third kappa shape index (κ3) is 2.85. The van der Waals surface area contributed by atoms with Crippen molar-refractivity contribution < 1.29 is 4.79 Å². The van der Waals surface area contributed by atoms with Gasteiger partial charge in [0.15, 0.2) is 0 Å². The summed E-state index contributed by atoms with van der Waals surface area (Å²) in [6.45, 7) is 4.11. The predicted molar refractivity (Wildman–Crippen MR) is 83.6 cm³/mol. The second-order valence-electron chi connectivity index (χ2n) is 4.79.